The first kappa shape index (κ1) is 62.9. The van der Waals surface area contributed by atoms with Crippen LogP contribution in [0.1, 0.15) is 0 Å². The number of aromatic nitrogens is 2. The van der Waals surface area contributed by atoms with Gasteiger partial charge in [-0.25, -0.2) is 0 Å². The van der Waals surface area contributed by atoms with Gasteiger partial charge in [0.15, 0.2) is 0 Å². The Labute approximate surface area is 374 Å². The lowest BCUT2D eigenvalue weighted by Gasteiger charge is -2.42. The summed E-state index contributed by atoms with van der Waals surface area (Å²) in [6, 6.07) is -1.42. The largest absolute Gasteiger partial charge is 0.460 e. The molecule has 3 aromatic rings. The Morgan fingerprint density at radius 3 is 0.581 bits per heavy atom. The van der Waals surface area contributed by atoms with Gasteiger partial charge in [-0.15, -0.1) is 0 Å². The Morgan fingerprint density at radius 2 is 0.419 bits per heavy atom. The van der Waals surface area contributed by atoms with E-state index in [4.69, 9.17) is 0 Å². The molecule has 2 aromatic heterocycles. The minimum atomic E-state index is -9.44. The van der Waals surface area contributed by atoms with Crippen LogP contribution in [0.25, 0.3) is 21.5 Å². The zero-order valence-electron chi connectivity index (χ0n) is 31.8. The van der Waals surface area contributed by atoms with Gasteiger partial charge in [0.2, 0.25) is 0 Å². The van der Waals surface area contributed by atoms with E-state index < -0.39 is 180 Å². The predicted octanol–water partition coefficient (Wildman–Crippen LogP) is 7.36. The number of benzene rings is 1. The summed E-state index contributed by atoms with van der Waals surface area (Å²) >= 11 is 0. The minimum Gasteiger partial charge on any atom is -0.276 e. The third kappa shape index (κ3) is 7.42. The van der Waals surface area contributed by atoms with Crippen LogP contribution in [0.2, 0.25) is 0 Å². The van der Waals surface area contributed by atoms with Crippen LogP contribution in [0.15, 0.2) is 31.3 Å². The molecule has 0 aliphatic carbocycles. The van der Waals surface area contributed by atoms with Crippen molar-refractivity contribution in [1.82, 2.24) is 9.46 Å². The Morgan fingerprint density at radius 1 is 0.270 bits per heavy atom. The molecule has 0 unspecified atom stereocenters. The number of halogens is 34. The highest BCUT2D eigenvalue weighted by Gasteiger charge is 2.98. The lowest BCUT2D eigenvalue weighted by atomic mass is 9.91. The van der Waals surface area contributed by atoms with E-state index in [0.717, 1.165) is 0 Å². The maximum atomic E-state index is 14.5. The molecule has 2 heterocycles. The summed E-state index contributed by atoms with van der Waals surface area (Å²) in [7, 11) is -17.8. The highest BCUT2D eigenvalue weighted by Crippen LogP contribution is 2.66. The van der Waals surface area contributed by atoms with E-state index in [9.17, 15) is 185 Å². The first-order valence-corrected chi connectivity index (χ1v) is 18.9. The zero-order valence-corrected chi connectivity index (χ0v) is 33.4. The van der Waals surface area contributed by atoms with E-state index in [1.54, 1.807) is 0 Å². The summed E-state index contributed by atoms with van der Waals surface area (Å²) in [5.41, 5.74) is -12.4. The molecule has 0 atom stereocenters. The maximum Gasteiger partial charge on any atom is 0.460 e. The van der Waals surface area contributed by atoms with Crippen molar-refractivity contribution in [2.24, 2.45) is 0 Å². The molecule has 12 nitrogen and oxygen atoms in total. The van der Waals surface area contributed by atoms with Gasteiger partial charge in [0, 0.05) is 0 Å². The van der Waals surface area contributed by atoms with Gasteiger partial charge in [-0.1, -0.05) is 9.46 Å². The summed E-state index contributed by atoms with van der Waals surface area (Å²) in [4.78, 5) is 50.4. The lowest BCUT2D eigenvalue weighted by molar-refractivity contribution is -0.458. The van der Waals surface area contributed by atoms with Crippen molar-refractivity contribution in [1.29, 1.82) is 0 Å². The molecular weight excluding hydrogens is 1210 g/mol. The number of hydrogen-bond acceptors (Lipinski definition) is 10. The maximum absolute atomic E-state index is 14.5. The first-order valence-electron chi connectivity index (χ1n) is 16.1. The van der Waals surface area contributed by atoms with Gasteiger partial charge in [-0.2, -0.15) is 166 Å². The Bertz CT molecular complexity index is 2910. The van der Waals surface area contributed by atoms with Crippen LogP contribution in [0, 0.1) is 0 Å². The van der Waals surface area contributed by atoms with E-state index in [2.05, 4.69) is 8.57 Å². The summed E-state index contributed by atoms with van der Waals surface area (Å²) in [5.74, 6) is -110. The second-order valence-corrected chi connectivity index (χ2v) is 16.9. The molecule has 74 heavy (non-hydrogen) atoms. The summed E-state index contributed by atoms with van der Waals surface area (Å²) in [6.45, 7) is 0. The Kier molecular flexibility index (Phi) is 13.7. The number of nitrogens with zero attached hydrogens (tertiary/aromatic N) is 2. The number of alkyl halides is 34. The van der Waals surface area contributed by atoms with Crippen LogP contribution in [0.4, 0.5) is 149 Å². The van der Waals surface area contributed by atoms with Crippen molar-refractivity contribution in [3.05, 3.63) is 53.5 Å². The second-order valence-electron chi connectivity index (χ2n) is 13.7. The second kappa shape index (κ2) is 16.1. The average molecular weight is 1210 g/mol. The van der Waals surface area contributed by atoms with Crippen LogP contribution in [0.3, 0.4) is 0 Å². The molecule has 1 aromatic carbocycles. The topological polar surface area (TPSA) is 165 Å². The van der Waals surface area contributed by atoms with Gasteiger partial charge in [0.05, 0.1) is 21.5 Å². The molecule has 0 aliphatic heterocycles. The number of fused-ring (bicyclic) bond motifs is 2. The molecule has 0 fully saturated rings. The van der Waals surface area contributed by atoms with Gasteiger partial charge in [-0.05, 0) is 12.1 Å². The van der Waals surface area contributed by atoms with Gasteiger partial charge in [-0.3, -0.25) is 27.7 Å². The van der Waals surface area contributed by atoms with Crippen molar-refractivity contribution in [3.63, 3.8) is 0 Å². The van der Waals surface area contributed by atoms with E-state index in [-0.39, 0.29) is 0 Å². The molecular formula is C26H2F34N2O10S2. The van der Waals surface area contributed by atoms with E-state index in [0.29, 0.717) is 0 Å². The van der Waals surface area contributed by atoms with E-state index in [1.807, 2.05) is 0 Å². The monoisotopic (exact) mass is 1210 g/mol. The molecule has 48 heteroatoms. The van der Waals surface area contributed by atoms with Crippen molar-refractivity contribution in [2.45, 2.75) is 93.9 Å². The quantitative estimate of drug-likeness (QED) is 0.118. The van der Waals surface area contributed by atoms with Crippen LogP contribution in [0.5, 0.6) is 0 Å². The summed E-state index contributed by atoms with van der Waals surface area (Å²) in [6.07, 6.45) is -16.5. The Balaban J connectivity index is 2.19. The molecule has 3 rings (SSSR count). The normalized spacial score (nSPS) is 16.1. The van der Waals surface area contributed by atoms with Crippen molar-refractivity contribution < 1.29 is 175 Å². The highest BCUT2D eigenvalue weighted by molar-refractivity contribution is 7.88. The molecule has 0 amide bonds. The summed E-state index contributed by atoms with van der Waals surface area (Å²) in [5, 5.41) is -25.9. The van der Waals surface area contributed by atoms with E-state index in [1.165, 1.54) is 0 Å². The predicted molar refractivity (Wildman–Crippen MR) is 157 cm³/mol. The molecule has 0 aliphatic rings. The molecule has 0 spiro atoms. The average Bonchev–Trinajstić information content (AvgIpc) is 3.56. The van der Waals surface area contributed by atoms with E-state index >= 15 is 0 Å². The molecule has 0 N–H and O–H groups in total. The molecule has 426 valence electrons. The van der Waals surface area contributed by atoms with Crippen LogP contribution in [-0.4, -0.2) is 120 Å². The summed E-state index contributed by atoms with van der Waals surface area (Å²) < 4.78 is 512. The van der Waals surface area contributed by atoms with Crippen LogP contribution < -0.4 is 30.8 Å². The molecule has 0 saturated heterocycles. The van der Waals surface area contributed by atoms with Gasteiger partial charge in [0.25, 0.3) is 22.2 Å². The zero-order chi connectivity index (χ0) is 59.6. The highest BCUT2D eigenvalue weighted by atomic mass is 32.2. The smallest absolute Gasteiger partial charge is 0.276 e. The van der Waals surface area contributed by atoms with Crippen molar-refractivity contribution in [2.75, 3.05) is 0 Å². The third-order valence-corrected chi connectivity index (χ3v) is 11.6. The minimum absolute atomic E-state index is 0.710. The molecule has 0 radical (unpaired) electrons. The molecule has 0 saturated carbocycles. The van der Waals surface area contributed by atoms with Crippen molar-refractivity contribution in [3.8, 4) is 0 Å². The standard InChI is InChI=1S/C26H2F34N2O10S2/c27-11(28,15(35,36)19(43,44)23(51,52)53)13(31,32)17(39,40)21(47,48)25(57,58)73(67,68)71-61-7(63)3-1-4-6(2-5(3)9(61)65)10(66)62(8(4)64)72-74(69,70)26(59,60)22(49,50)18(41,42)14(33,34)12(29,30)16(37,38)20(45,46)24(54,55)56/h1-2H. The fourth-order valence-corrected chi connectivity index (χ4v) is 6.70. The number of rotatable bonds is 18. The third-order valence-electron chi connectivity index (χ3n) is 9.18. The van der Waals surface area contributed by atoms with Crippen molar-refractivity contribution >= 4 is 41.8 Å². The number of hydrogen-bond donors (Lipinski definition) is 0. The fraction of sp³-hybridized carbons (Fsp3) is 0.615. The molecule has 0 bridgehead atoms. The lowest BCUT2D eigenvalue weighted by Crippen LogP contribution is -2.75. The van der Waals surface area contributed by atoms with Gasteiger partial charge in [0.1, 0.15) is 0 Å². The van der Waals surface area contributed by atoms with Gasteiger partial charge >= 0.3 is 114 Å². The van der Waals surface area contributed by atoms with Gasteiger partial charge < -0.3 is 0 Å². The van der Waals surface area contributed by atoms with Crippen LogP contribution >= 0.6 is 0 Å². The first-order chi connectivity index (χ1) is 31.8. The Hall–Kier alpha value is -5.38. The van der Waals surface area contributed by atoms with Crippen LogP contribution in [-0.2, 0) is 20.2 Å². The SMILES string of the molecule is O=c1c2cc3c(=O)n(OS(=O)(=O)C(F)(F)C(F)(F)C(F)(F)C(F)(F)C(F)(F)C(F)(F)C(F)(F)C(F)(F)F)c(=O)c3cc2c(=O)n1OS(=O)(=O)C(F)(F)C(F)(F)C(F)(F)C(F)(F)C(F)(F)C(F)(F)C(F)(F)C(F)(F)F. The fourth-order valence-electron chi connectivity index (χ4n) is 4.97.